The highest BCUT2D eigenvalue weighted by Gasteiger charge is 2.66. The first-order valence-electron chi connectivity index (χ1n) is 12.0. The quantitative estimate of drug-likeness (QED) is 0.322. The van der Waals surface area contributed by atoms with Gasteiger partial charge < -0.3 is 0 Å². The fourth-order valence-corrected chi connectivity index (χ4v) is 5.31. The summed E-state index contributed by atoms with van der Waals surface area (Å²) in [5.74, 6) is -1.01. The van der Waals surface area contributed by atoms with Gasteiger partial charge in [0.15, 0.2) is 11.6 Å². The molecule has 0 saturated carbocycles. The topological polar surface area (TPSA) is 49.7 Å². The average Bonchev–Trinajstić information content (AvgIpc) is 3.38. The number of rotatable bonds is 4. The second kappa shape index (κ2) is 8.58. The van der Waals surface area contributed by atoms with E-state index in [0.717, 1.165) is 16.7 Å². The van der Waals surface area contributed by atoms with Gasteiger partial charge in [0, 0.05) is 11.1 Å². The van der Waals surface area contributed by atoms with Crippen molar-refractivity contribution in [2.24, 2.45) is 5.10 Å². The van der Waals surface area contributed by atoms with E-state index in [0.29, 0.717) is 22.5 Å². The molecule has 4 aromatic rings. The number of hydrogen-bond acceptors (Lipinski definition) is 4. The van der Waals surface area contributed by atoms with E-state index in [9.17, 15) is 9.59 Å². The normalized spacial score (nSPS) is 18.2. The van der Waals surface area contributed by atoms with Crippen LogP contribution in [0.3, 0.4) is 0 Å². The minimum atomic E-state index is -1.53. The zero-order chi connectivity index (χ0) is 24.7. The molecular formula is C32H24N2O2. The Kier molecular flexibility index (Phi) is 5.23. The molecule has 0 radical (unpaired) electrons. The summed E-state index contributed by atoms with van der Waals surface area (Å²) >= 11 is 0. The van der Waals surface area contributed by atoms with Crippen molar-refractivity contribution in [3.05, 3.63) is 143 Å². The predicted molar refractivity (Wildman–Crippen MR) is 144 cm³/mol. The molecule has 1 atom stereocenters. The van der Waals surface area contributed by atoms with Crippen LogP contribution in [0, 0.1) is 6.92 Å². The summed E-state index contributed by atoms with van der Waals surface area (Å²) in [6.45, 7) is 2.02. The average molecular weight is 469 g/mol. The summed E-state index contributed by atoms with van der Waals surface area (Å²) in [7, 11) is 0. The maximum Gasteiger partial charge on any atom is 0.201 e. The monoisotopic (exact) mass is 468 g/mol. The first kappa shape index (κ1) is 21.9. The number of benzene rings is 4. The minimum Gasteiger partial charge on any atom is -0.291 e. The second-order valence-electron chi connectivity index (χ2n) is 9.23. The summed E-state index contributed by atoms with van der Waals surface area (Å²) in [5.41, 5.74) is 3.74. The standard InChI is InChI=1S/C32H24N2O2/c1-22-16-19-24(20-17-22)29-28(21-18-23-10-4-2-5-11-23)33-34(25-12-6-3-7-13-25)32(29)30(35)26-14-8-9-15-27(26)31(32)36/h2-21,29H,1H3/b21-18-. The number of hydrogen-bond donors (Lipinski definition) is 0. The molecular weight excluding hydrogens is 444 g/mol. The highest BCUT2D eigenvalue weighted by molar-refractivity contribution is 6.38. The molecule has 1 aliphatic carbocycles. The Morgan fingerprint density at radius 2 is 1.25 bits per heavy atom. The first-order valence-corrected chi connectivity index (χ1v) is 12.0. The molecule has 4 nitrogen and oxygen atoms in total. The summed E-state index contributed by atoms with van der Waals surface area (Å²) in [5, 5.41) is 6.65. The Bertz CT molecular complexity index is 1480. The molecule has 0 N–H and O–H groups in total. The molecule has 0 bridgehead atoms. The van der Waals surface area contributed by atoms with Gasteiger partial charge in [-0.15, -0.1) is 0 Å². The Balaban J connectivity index is 1.60. The molecule has 4 aromatic carbocycles. The van der Waals surface area contributed by atoms with Crippen molar-refractivity contribution >= 4 is 29.0 Å². The zero-order valence-electron chi connectivity index (χ0n) is 19.8. The predicted octanol–water partition coefficient (Wildman–Crippen LogP) is 6.49. The van der Waals surface area contributed by atoms with E-state index >= 15 is 0 Å². The van der Waals surface area contributed by atoms with Crippen molar-refractivity contribution in [3.63, 3.8) is 0 Å². The van der Waals surface area contributed by atoms with Crippen molar-refractivity contribution in [3.8, 4) is 0 Å². The smallest absolute Gasteiger partial charge is 0.201 e. The number of hydrazone groups is 1. The van der Waals surface area contributed by atoms with Crippen LogP contribution in [0.1, 0.15) is 43.3 Å². The molecule has 1 aliphatic heterocycles. The van der Waals surface area contributed by atoms with E-state index < -0.39 is 11.5 Å². The Morgan fingerprint density at radius 1 is 0.694 bits per heavy atom. The van der Waals surface area contributed by atoms with Crippen molar-refractivity contribution in [2.75, 3.05) is 5.01 Å². The van der Waals surface area contributed by atoms with Gasteiger partial charge in [-0.25, -0.2) is 5.01 Å². The van der Waals surface area contributed by atoms with Crippen LogP contribution in [-0.4, -0.2) is 22.8 Å². The van der Waals surface area contributed by atoms with E-state index in [1.54, 1.807) is 17.1 Å². The lowest BCUT2D eigenvalue weighted by Crippen LogP contribution is -2.56. The van der Waals surface area contributed by atoms with Crippen LogP contribution in [0.2, 0.25) is 0 Å². The molecule has 0 fully saturated rings. The third kappa shape index (κ3) is 3.26. The summed E-state index contributed by atoms with van der Waals surface area (Å²) < 4.78 is 0. The number of ketones is 2. The van der Waals surface area contributed by atoms with Gasteiger partial charge >= 0.3 is 0 Å². The fraction of sp³-hybridized carbons (Fsp3) is 0.0938. The van der Waals surface area contributed by atoms with Crippen LogP contribution in [0.25, 0.3) is 6.08 Å². The highest BCUT2D eigenvalue weighted by Crippen LogP contribution is 2.50. The maximum absolute atomic E-state index is 14.3. The number of allylic oxidation sites excluding steroid dienone is 1. The van der Waals surface area contributed by atoms with Gasteiger partial charge in [-0.3, -0.25) is 9.59 Å². The lowest BCUT2D eigenvalue weighted by molar-refractivity contribution is 0.0791. The molecule has 0 saturated heterocycles. The van der Waals surface area contributed by atoms with Crippen LogP contribution in [-0.2, 0) is 0 Å². The highest BCUT2D eigenvalue weighted by atomic mass is 16.2. The number of anilines is 1. The molecule has 36 heavy (non-hydrogen) atoms. The first-order chi connectivity index (χ1) is 17.6. The molecule has 4 heteroatoms. The van der Waals surface area contributed by atoms with E-state index in [1.807, 2.05) is 116 Å². The van der Waals surface area contributed by atoms with Gasteiger partial charge in [0.05, 0.1) is 17.3 Å². The minimum absolute atomic E-state index is 0.218. The van der Waals surface area contributed by atoms with Crippen molar-refractivity contribution in [2.45, 2.75) is 18.4 Å². The van der Waals surface area contributed by atoms with Crippen molar-refractivity contribution in [1.29, 1.82) is 0 Å². The third-order valence-corrected chi connectivity index (χ3v) is 7.03. The SMILES string of the molecule is Cc1ccc(C2C(/C=C\c3ccccc3)=NN(c3ccccc3)C23C(=O)c2ccccc2C3=O)cc1. The van der Waals surface area contributed by atoms with Gasteiger partial charge in [0.25, 0.3) is 0 Å². The molecule has 0 amide bonds. The van der Waals surface area contributed by atoms with E-state index in [4.69, 9.17) is 5.10 Å². The number of Topliss-reactive ketones (excluding diaryl/α,β-unsaturated/α-hetero) is 2. The van der Waals surface area contributed by atoms with Gasteiger partial charge in [0.2, 0.25) is 5.54 Å². The van der Waals surface area contributed by atoms with Crippen molar-refractivity contribution < 1.29 is 9.59 Å². The number of fused-ring (bicyclic) bond motifs is 1. The number of aryl methyl sites for hydroxylation is 1. The summed E-state index contributed by atoms with van der Waals surface area (Å²) in [6, 6.07) is 34.6. The lowest BCUT2D eigenvalue weighted by atomic mass is 9.73. The van der Waals surface area contributed by atoms with E-state index in [2.05, 4.69) is 0 Å². The van der Waals surface area contributed by atoms with Crippen LogP contribution in [0.15, 0.2) is 120 Å². The molecule has 6 rings (SSSR count). The van der Waals surface area contributed by atoms with Crippen LogP contribution < -0.4 is 5.01 Å². The number of para-hydroxylation sites is 1. The summed E-state index contributed by atoms with van der Waals surface area (Å²) in [4.78, 5) is 28.7. The van der Waals surface area contributed by atoms with Gasteiger partial charge in [-0.1, -0.05) is 109 Å². The molecule has 1 unspecified atom stereocenters. The maximum atomic E-state index is 14.3. The van der Waals surface area contributed by atoms with Crippen molar-refractivity contribution in [1.82, 2.24) is 0 Å². The lowest BCUT2D eigenvalue weighted by Gasteiger charge is -2.36. The van der Waals surface area contributed by atoms with Crippen LogP contribution in [0.4, 0.5) is 5.69 Å². The Labute approximate surface area is 210 Å². The Morgan fingerprint density at radius 3 is 1.86 bits per heavy atom. The number of carbonyl (C=O) groups is 2. The summed E-state index contributed by atoms with van der Waals surface area (Å²) in [6.07, 6.45) is 3.92. The molecule has 1 heterocycles. The molecule has 174 valence electrons. The third-order valence-electron chi connectivity index (χ3n) is 7.03. The zero-order valence-corrected chi connectivity index (χ0v) is 19.8. The van der Waals surface area contributed by atoms with Crippen LogP contribution in [0.5, 0.6) is 0 Å². The second-order valence-corrected chi connectivity index (χ2v) is 9.23. The van der Waals surface area contributed by atoms with Gasteiger partial charge in [-0.2, -0.15) is 5.10 Å². The molecule has 0 aromatic heterocycles. The van der Waals surface area contributed by atoms with Gasteiger partial charge in [0.1, 0.15) is 0 Å². The molecule has 2 aliphatic rings. The van der Waals surface area contributed by atoms with E-state index in [-0.39, 0.29) is 11.6 Å². The number of nitrogens with zero attached hydrogens (tertiary/aromatic N) is 2. The van der Waals surface area contributed by atoms with Gasteiger partial charge in [-0.05, 0) is 36.3 Å². The molecule has 1 spiro atoms. The largest absolute Gasteiger partial charge is 0.291 e. The fourth-order valence-electron chi connectivity index (χ4n) is 5.31. The Hall–Kier alpha value is -4.57. The number of carbonyl (C=O) groups excluding carboxylic acids is 2. The van der Waals surface area contributed by atoms with E-state index in [1.165, 1.54) is 0 Å². The van der Waals surface area contributed by atoms with Crippen LogP contribution >= 0.6 is 0 Å².